The normalized spacial score (nSPS) is 14.4. The predicted octanol–water partition coefficient (Wildman–Crippen LogP) is 2.51. The Labute approximate surface area is 93.6 Å². The Balaban J connectivity index is 2.59. The van der Waals surface area contributed by atoms with Gasteiger partial charge in [0.05, 0.1) is 11.4 Å². The van der Waals surface area contributed by atoms with E-state index in [0.717, 1.165) is 13.0 Å². The van der Waals surface area contributed by atoms with E-state index in [-0.39, 0.29) is 0 Å². The third-order valence-corrected chi connectivity index (χ3v) is 3.17. The zero-order valence-electron chi connectivity index (χ0n) is 8.84. The second kappa shape index (κ2) is 3.46. The molecule has 0 saturated heterocycles. The topological polar surface area (TPSA) is 6.48 Å². The van der Waals surface area contributed by atoms with E-state index >= 15 is 0 Å². The first-order valence-electron chi connectivity index (χ1n) is 4.80. The fourth-order valence-electron chi connectivity index (χ4n) is 2.01. The van der Waals surface area contributed by atoms with Gasteiger partial charge in [0.1, 0.15) is 0 Å². The zero-order chi connectivity index (χ0) is 10.3. The summed E-state index contributed by atoms with van der Waals surface area (Å²) in [6, 6.07) is 4.41. The summed E-state index contributed by atoms with van der Waals surface area (Å²) in [4.78, 5) is 4.50. The van der Waals surface area contributed by atoms with E-state index in [9.17, 15) is 0 Å². The highest BCUT2D eigenvalue weighted by molar-refractivity contribution is 9.10. The van der Waals surface area contributed by atoms with Crippen LogP contribution in [0.2, 0.25) is 0 Å². The molecule has 0 aromatic heterocycles. The van der Waals surface area contributed by atoms with Crippen molar-refractivity contribution in [3.63, 3.8) is 0 Å². The van der Waals surface area contributed by atoms with Crippen molar-refractivity contribution < 1.29 is 0 Å². The number of likely N-dealkylation sites (N-methyl/N-ethyl adjacent to an activating group) is 1. The smallest absolute Gasteiger partial charge is 0.0635 e. The summed E-state index contributed by atoms with van der Waals surface area (Å²) in [5.41, 5.74) is 4.14. The second-order valence-corrected chi connectivity index (χ2v) is 4.91. The largest absolute Gasteiger partial charge is 0.376 e. The Bertz CT molecular complexity index is 361. The van der Waals surface area contributed by atoms with E-state index in [1.54, 1.807) is 0 Å². The molecule has 76 valence electrons. The van der Waals surface area contributed by atoms with Gasteiger partial charge in [0.2, 0.25) is 0 Å². The summed E-state index contributed by atoms with van der Waals surface area (Å²) in [5, 5.41) is 0. The third-order valence-electron chi connectivity index (χ3n) is 2.71. The average molecular weight is 255 g/mol. The van der Waals surface area contributed by atoms with Gasteiger partial charge in [-0.1, -0.05) is 15.9 Å². The van der Waals surface area contributed by atoms with Crippen molar-refractivity contribution in [2.24, 2.45) is 0 Å². The van der Waals surface area contributed by atoms with Crippen LogP contribution in [0.4, 0.5) is 11.4 Å². The standard InChI is InChI=1S/C11H15BrN2/c1-13(2)10-7-9(12)6-8-4-5-14(3)11(8)10/h6-7H,4-5H2,1-3H3. The van der Waals surface area contributed by atoms with Gasteiger partial charge in [0.15, 0.2) is 0 Å². The molecule has 0 saturated carbocycles. The highest BCUT2D eigenvalue weighted by Gasteiger charge is 2.20. The molecule has 1 heterocycles. The second-order valence-electron chi connectivity index (χ2n) is 4.00. The van der Waals surface area contributed by atoms with Crippen LogP contribution in [0.15, 0.2) is 16.6 Å². The third kappa shape index (κ3) is 1.50. The Morgan fingerprint density at radius 2 is 2.07 bits per heavy atom. The molecule has 1 aromatic rings. The lowest BCUT2D eigenvalue weighted by Gasteiger charge is -2.22. The van der Waals surface area contributed by atoms with Gasteiger partial charge in [-0.05, 0) is 24.1 Å². The first-order chi connectivity index (χ1) is 6.59. The SMILES string of the molecule is CN(C)c1cc(Br)cc2c1N(C)CC2. The summed E-state index contributed by atoms with van der Waals surface area (Å²) in [6.07, 6.45) is 1.16. The first-order valence-corrected chi connectivity index (χ1v) is 5.60. The van der Waals surface area contributed by atoms with Crippen molar-refractivity contribution in [2.45, 2.75) is 6.42 Å². The maximum Gasteiger partial charge on any atom is 0.0635 e. The molecule has 2 nitrogen and oxygen atoms in total. The molecule has 0 unspecified atom stereocenters. The van der Waals surface area contributed by atoms with Crippen LogP contribution in [0.5, 0.6) is 0 Å². The van der Waals surface area contributed by atoms with Crippen LogP contribution in [0, 0.1) is 0 Å². The molecule has 3 heteroatoms. The van der Waals surface area contributed by atoms with Gasteiger partial charge in [0, 0.05) is 32.2 Å². The molecule has 0 atom stereocenters. The average Bonchev–Trinajstić information content (AvgIpc) is 2.46. The van der Waals surface area contributed by atoms with Gasteiger partial charge in [0.25, 0.3) is 0 Å². The molecule has 2 rings (SSSR count). The Morgan fingerprint density at radius 3 is 2.71 bits per heavy atom. The van der Waals surface area contributed by atoms with E-state index < -0.39 is 0 Å². The molecule has 0 bridgehead atoms. The van der Waals surface area contributed by atoms with Crippen molar-refractivity contribution >= 4 is 27.3 Å². The minimum atomic E-state index is 1.13. The molecule has 1 aromatic carbocycles. The van der Waals surface area contributed by atoms with Gasteiger partial charge in [-0.25, -0.2) is 0 Å². The fourth-order valence-corrected chi connectivity index (χ4v) is 2.51. The summed E-state index contributed by atoms with van der Waals surface area (Å²) in [5.74, 6) is 0. The fraction of sp³-hybridized carbons (Fsp3) is 0.455. The van der Waals surface area contributed by atoms with Crippen LogP contribution >= 0.6 is 15.9 Å². The van der Waals surface area contributed by atoms with Crippen molar-refractivity contribution in [1.29, 1.82) is 0 Å². The lowest BCUT2D eigenvalue weighted by Crippen LogP contribution is -2.17. The summed E-state index contributed by atoms with van der Waals surface area (Å²) < 4.78 is 1.18. The Hall–Kier alpha value is -0.700. The molecule has 0 fully saturated rings. The maximum atomic E-state index is 3.56. The molecule has 0 N–H and O–H groups in total. The van der Waals surface area contributed by atoms with Crippen LogP contribution in [0.3, 0.4) is 0 Å². The quantitative estimate of drug-likeness (QED) is 0.760. The lowest BCUT2D eigenvalue weighted by atomic mass is 10.1. The van der Waals surface area contributed by atoms with E-state index in [2.05, 4.69) is 59.0 Å². The highest BCUT2D eigenvalue weighted by atomic mass is 79.9. The minimum absolute atomic E-state index is 1.13. The van der Waals surface area contributed by atoms with Crippen LogP contribution in [-0.2, 0) is 6.42 Å². The molecule has 0 amide bonds. The highest BCUT2D eigenvalue weighted by Crippen LogP contribution is 2.38. The molecule has 0 aliphatic carbocycles. The van der Waals surface area contributed by atoms with E-state index in [0.29, 0.717) is 0 Å². The van der Waals surface area contributed by atoms with E-state index in [1.807, 2.05) is 0 Å². The molecule has 0 radical (unpaired) electrons. The summed E-state index contributed by atoms with van der Waals surface area (Å²) in [7, 11) is 6.34. The number of fused-ring (bicyclic) bond motifs is 1. The van der Waals surface area contributed by atoms with Gasteiger partial charge >= 0.3 is 0 Å². The zero-order valence-corrected chi connectivity index (χ0v) is 10.4. The van der Waals surface area contributed by atoms with Crippen molar-refractivity contribution in [3.05, 3.63) is 22.2 Å². The van der Waals surface area contributed by atoms with Crippen molar-refractivity contribution in [2.75, 3.05) is 37.5 Å². The van der Waals surface area contributed by atoms with E-state index in [1.165, 1.54) is 21.4 Å². The number of hydrogen-bond donors (Lipinski definition) is 0. The van der Waals surface area contributed by atoms with Crippen molar-refractivity contribution in [3.8, 4) is 0 Å². The lowest BCUT2D eigenvalue weighted by molar-refractivity contribution is 0.953. The van der Waals surface area contributed by atoms with Crippen LogP contribution in [0.25, 0.3) is 0 Å². The summed E-state index contributed by atoms with van der Waals surface area (Å²) >= 11 is 3.56. The van der Waals surface area contributed by atoms with Crippen LogP contribution in [0.1, 0.15) is 5.56 Å². The molecule has 1 aliphatic rings. The van der Waals surface area contributed by atoms with E-state index in [4.69, 9.17) is 0 Å². The van der Waals surface area contributed by atoms with Gasteiger partial charge in [-0.3, -0.25) is 0 Å². The number of benzene rings is 1. The molecule has 1 aliphatic heterocycles. The van der Waals surface area contributed by atoms with Gasteiger partial charge in [-0.2, -0.15) is 0 Å². The number of rotatable bonds is 1. The monoisotopic (exact) mass is 254 g/mol. The predicted molar refractivity (Wildman–Crippen MR) is 65.4 cm³/mol. The number of anilines is 2. The van der Waals surface area contributed by atoms with Crippen LogP contribution in [-0.4, -0.2) is 27.7 Å². The number of nitrogens with zero attached hydrogens (tertiary/aromatic N) is 2. The maximum absolute atomic E-state index is 3.56. The number of halogens is 1. The molecular weight excluding hydrogens is 240 g/mol. The number of hydrogen-bond acceptors (Lipinski definition) is 2. The Kier molecular flexibility index (Phi) is 2.43. The van der Waals surface area contributed by atoms with Crippen molar-refractivity contribution in [1.82, 2.24) is 0 Å². The molecule has 0 spiro atoms. The molecule has 14 heavy (non-hydrogen) atoms. The van der Waals surface area contributed by atoms with Gasteiger partial charge < -0.3 is 9.80 Å². The summed E-state index contributed by atoms with van der Waals surface area (Å²) in [6.45, 7) is 1.13. The first kappa shape index (κ1) is 9.84. The van der Waals surface area contributed by atoms with Crippen LogP contribution < -0.4 is 9.80 Å². The minimum Gasteiger partial charge on any atom is -0.376 e. The van der Waals surface area contributed by atoms with Gasteiger partial charge in [-0.15, -0.1) is 0 Å². The molecular formula is C11H15BrN2. The Morgan fingerprint density at radius 1 is 1.36 bits per heavy atom.